The number of nitrogens with zero attached hydrogens (tertiary/aromatic N) is 4. The molecule has 0 saturated heterocycles. The third-order valence-corrected chi connectivity index (χ3v) is 5.57. The summed E-state index contributed by atoms with van der Waals surface area (Å²) in [6.07, 6.45) is 1.79. The van der Waals surface area contributed by atoms with Gasteiger partial charge in [-0.15, -0.1) is 0 Å². The first-order valence-electron chi connectivity index (χ1n) is 9.72. The number of ketones is 1. The first-order valence-corrected chi connectivity index (χ1v) is 9.72. The third-order valence-electron chi connectivity index (χ3n) is 5.57. The van der Waals surface area contributed by atoms with Crippen LogP contribution in [0.2, 0.25) is 0 Å². The largest absolute Gasteiger partial charge is 0.496 e. The van der Waals surface area contributed by atoms with Crippen LogP contribution in [0.1, 0.15) is 27.9 Å². The molecule has 0 radical (unpaired) electrons. The van der Waals surface area contributed by atoms with Gasteiger partial charge >= 0.3 is 0 Å². The van der Waals surface area contributed by atoms with E-state index >= 15 is 0 Å². The van der Waals surface area contributed by atoms with E-state index in [9.17, 15) is 4.79 Å². The lowest BCUT2D eigenvalue weighted by Crippen LogP contribution is -2.38. The van der Waals surface area contributed by atoms with Crippen LogP contribution in [0.4, 0.5) is 5.69 Å². The van der Waals surface area contributed by atoms with E-state index in [0.717, 1.165) is 33.7 Å². The minimum absolute atomic E-state index is 0.0100. The normalized spacial score (nSPS) is 14.8. The number of Topliss-reactive ketones (excluding diaryl/α,β-unsaturated/α-hetero) is 1. The molecule has 5 rings (SSSR count). The fourth-order valence-corrected chi connectivity index (χ4v) is 4.07. The van der Waals surface area contributed by atoms with Gasteiger partial charge in [0.05, 0.1) is 50.1 Å². The summed E-state index contributed by atoms with van der Waals surface area (Å²) in [7, 11) is 3.25. The van der Waals surface area contributed by atoms with Gasteiger partial charge in [-0.2, -0.15) is 0 Å². The van der Waals surface area contributed by atoms with E-state index in [-0.39, 0.29) is 12.2 Å². The number of imidazole rings is 1. The number of aromatic nitrogens is 2. The van der Waals surface area contributed by atoms with Crippen molar-refractivity contribution in [3.05, 3.63) is 47.3 Å². The zero-order chi connectivity index (χ0) is 20.8. The Morgan fingerprint density at radius 2 is 2.10 bits per heavy atom. The first kappa shape index (κ1) is 18.4. The van der Waals surface area contributed by atoms with Crippen LogP contribution in [0.15, 0.2) is 40.6 Å². The van der Waals surface area contributed by atoms with E-state index < -0.39 is 0 Å². The number of rotatable bonds is 5. The van der Waals surface area contributed by atoms with Gasteiger partial charge < -0.3 is 19.4 Å². The zero-order valence-corrected chi connectivity index (χ0v) is 17.0. The minimum atomic E-state index is -0.0100. The standard InChI is InChI=1S/C22H21N5O3/c1-12-18(29-2)9-14-20(21(12)30-3)26-19(27-7-6-23-22(14)27)10-17(28)13-4-5-15-16(8-13)25-11-24-15/h4-5,8-9,11H,6-7,10H2,1-3H3,(H,24,25). The van der Waals surface area contributed by atoms with Crippen molar-refractivity contribution in [1.82, 2.24) is 14.9 Å². The number of ether oxygens (including phenoxy) is 2. The molecule has 0 atom stereocenters. The zero-order valence-electron chi connectivity index (χ0n) is 17.0. The van der Waals surface area contributed by atoms with Crippen LogP contribution in [0.3, 0.4) is 0 Å². The topological polar surface area (TPSA) is 92.2 Å². The molecule has 8 heteroatoms. The number of carbonyl (C=O) groups excluding carboxylic acids is 1. The summed E-state index contributed by atoms with van der Waals surface area (Å²) >= 11 is 0. The lowest BCUT2D eigenvalue weighted by molar-refractivity contribution is 0.0998. The summed E-state index contributed by atoms with van der Waals surface area (Å²) in [6, 6.07) is 7.42. The highest BCUT2D eigenvalue weighted by Gasteiger charge is 2.33. The maximum absolute atomic E-state index is 13.1. The van der Waals surface area contributed by atoms with Crippen LogP contribution < -0.4 is 9.47 Å². The Morgan fingerprint density at radius 3 is 2.90 bits per heavy atom. The Balaban J connectivity index is 1.56. The Kier molecular flexibility index (Phi) is 4.27. The van der Waals surface area contributed by atoms with Crippen LogP contribution in [0, 0.1) is 6.92 Å². The van der Waals surface area contributed by atoms with Crippen molar-refractivity contribution in [2.45, 2.75) is 13.3 Å². The van der Waals surface area contributed by atoms with Crippen LogP contribution in [-0.4, -0.2) is 59.6 Å². The van der Waals surface area contributed by atoms with Crippen molar-refractivity contribution < 1.29 is 14.3 Å². The van der Waals surface area contributed by atoms with E-state index in [1.807, 2.05) is 30.0 Å². The Hall–Kier alpha value is -3.68. The molecule has 0 saturated carbocycles. The minimum Gasteiger partial charge on any atom is -0.496 e. The van der Waals surface area contributed by atoms with Gasteiger partial charge in [0, 0.05) is 17.7 Å². The summed E-state index contributed by atoms with van der Waals surface area (Å²) < 4.78 is 11.2. The lowest BCUT2D eigenvalue weighted by Gasteiger charge is -2.29. The van der Waals surface area contributed by atoms with Gasteiger partial charge in [-0.1, -0.05) is 0 Å². The highest BCUT2D eigenvalue weighted by Crippen LogP contribution is 2.43. The fourth-order valence-electron chi connectivity index (χ4n) is 4.07. The number of benzene rings is 2. The van der Waals surface area contributed by atoms with E-state index in [1.54, 1.807) is 26.6 Å². The molecule has 2 aromatic carbocycles. The van der Waals surface area contributed by atoms with Crippen LogP contribution >= 0.6 is 0 Å². The smallest absolute Gasteiger partial charge is 0.170 e. The molecule has 0 amide bonds. The number of H-pyrrole nitrogens is 1. The van der Waals surface area contributed by atoms with E-state index in [2.05, 4.69) is 15.0 Å². The second-order valence-corrected chi connectivity index (χ2v) is 7.25. The molecular formula is C22H21N5O3. The first-order chi connectivity index (χ1) is 14.6. The van der Waals surface area contributed by atoms with Gasteiger partial charge in [-0.05, 0) is 31.2 Å². The van der Waals surface area contributed by atoms with E-state index in [4.69, 9.17) is 14.5 Å². The average molecular weight is 403 g/mol. The van der Waals surface area contributed by atoms with Crippen LogP contribution in [0.5, 0.6) is 11.5 Å². The lowest BCUT2D eigenvalue weighted by atomic mass is 10.0. The maximum atomic E-state index is 13.1. The second-order valence-electron chi connectivity index (χ2n) is 7.25. The van der Waals surface area contributed by atoms with Crippen molar-refractivity contribution in [3.8, 4) is 11.5 Å². The number of nitrogens with one attached hydrogen (secondary N) is 1. The van der Waals surface area contributed by atoms with Crippen molar-refractivity contribution in [2.75, 3.05) is 27.3 Å². The van der Waals surface area contributed by atoms with Gasteiger partial charge in [0.15, 0.2) is 11.5 Å². The number of aliphatic imine (C=N–C) groups is 2. The monoisotopic (exact) mass is 403 g/mol. The van der Waals surface area contributed by atoms with E-state index in [1.165, 1.54) is 0 Å². The molecule has 0 bridgehead atoms. The quantitative estimate of drug-likeness (QED) is 0.660. The Labute approximate surface area is 173 Å². The maximum Gasteiger partial charge on any atom is 0.170 e. The molecule has 1 N–H and O–H groups in total. The molecule has 8 nitrogen and oxygen atoms in total. The molecule has 3 heterocycles. The summed E-state index contributed by atoms with van der Waals surface area (Å²) in [5.41, 5.74) is 4.71. The number of hydrogen-bond donors (Lipinski definition) is 1. The second kappa shape index (κ2) is 6.98. The SMILES string of the molecule is COc1cc2c(c(OC)c1C)N=C(CC(=O)c1ccc3nc[nH]c3c1)N1CCN=C21. The van der Waals surface area contributed by atoms with E-state index in [0.29, 0.717) is 35.9 Å². The summed E-state index contributed by atoms with van der Waals surface area (Å²) in [5.74, 6) is 2.84. The number of amidine groups is 2. The third kappa shape index (κ3) is 2.75. The predicted octanol–water partition coefficient (Wildman–Crippen LogP) is 3.27. The molecule has 30 heavy (non-hydrogen) atoms. The molecule has 0 fully saturated rings. The van der Waals surface area contributed by atoms with Gasteiger partial charge in [-0.25, -0.2) is 9.98 Å². The van der Waals surface area contributed by atoms with Crippen molar-refractivity contribution in [2.24, 2.45) is 9.98 Å². The molecule has 2 aliphatic rings. The van der Waals surface area contributed by atoms with Crippen molar-refractivity contribution in [3.63, 3.8) is 0 Å². The van der Waals surface area contributed by atoms with Gasteiger partial charge in [0.2, 0.25) is 0 Å². The number of fused-ring (bicyclic) bond motifs is 4. The van der Waals surface area contributed by atoms with Crippen molar-refractivity contribution >= 4 is 34.2 Å². The number of methoxy groups -OCH3 is 2. The number of hydrogen-bond acceptors (Lipinski definition) is 7. The van der Waals surface area contributed by atoms with Crippen LogP contribution in [0.25, 0.3) is 11.0 Å². The molecule has 152 valence electrons. The molecule has 2 aliphatic heterocycles. The molecular weight excluding hydrogens is 382 g/mol. The summed E-state index contributed by atoms with van der Waals surface area (Å²) in [6.45, 7) is 3.28. The average Bonchev–Trinajstić information content (AvgIpc) is 3.42. The van der Waals surface area contributed by atoms with Crippen molar-refractivity contribution in [1.29, 1.82) is 0 Å². The summed E-state index contributed by atoms with van der Waals surface area (Å²) in [5, 5.41) is 0. The summed E-state index contributed by atoms with van der Waals surface area (Å²) in [4.78, 5) is 31.9. The molecule has 0 unspecified atom stereocenters. The Morgan fingerprint density at radius 1 is 1.23 bits per heavy atom. The van der Waals surface area contributed by atoms with Gasteiger partial charge in [-0.3, -0.25) is 9.79 Å². The number of carbonyl (C=O) groups is 1. The predicted molar refractivity (Wildman–Crippen MR) is 115 cm³/mol. The molecule has 0 aliphatic carbocycles. The molecule has 1 aromatic heterocycles. The van der Waals surface area contributed by atoms with Gasteiger partial charge in [0.25, 0.3) is 0 Å². The molecule has 0 spiro atoms. The van der Waals surface area contributed by atoms with Gasteiger partial charge in [0.1, 0.15) is 23.1 Å². The number of aromatic amines is 1. The highest BCUT2D eigenvalue weighted by molar-refractivity contribution is 6.21. The van der Waals surface area contributed by atoms with Crippen LogP contribution in [-0.2, 0) is 0 Å². The fraction of sp³-hybridized carbons (Fsp3) is 0.273. The molecule has 3 aromatic rings. The Bertz CT molecular complexity index is 1240. The highest BCUT2D eigenvalue weighted by atomic mass is 16.5.